The van der Waals surface area contributed by atoms with Crippen LogP contribution in [0.4, 0.5) is 5.69 Å². The molecule has 1 N–H and O–H groups in total. The van der Waals surface area contributed by atoms with Gasteiger partial charge in [-0.25, -0.2) is 8.42 Å². The van der Waals surface area contributed by atoms with Gasteiger partial charge in [-0.15, -0.1) is 0 Å². The first kappa shape index (κ1) is 17.4. The summed E-state index contributed by atoms with van der Waals surface area (Å²) in [4.78, 5) is 12.1. The zero-order valence-corrected chi connectivity index (χ0v) is 16.8. The number of hydrogen-bond donors (Lipinski definition) is 1. The second-order valence-corrected chi connectivity index (χ2v) is 9.49. The van der Waals surface area contributed by atoms with E-state index in [0.717, 1.165) is 20.4 Å². The van der Waals surface area contributed by atoms with Crippen molar-refractivity contribution in [3.05, 3.63) is 55.7 Å². The molecule has 2 aromatic carbocycles. The van der Waals surface area contributed by atoms with Gasteiger partial charge < -0.3 is 0 Å². The van der Waals surface area contributed by atoms with Gasteiger partial charge in [0.2, 0.25) is 0 Å². The number of benzene rings is 2. The molecule has 0 radical (unpaired) electrons. The van der Waals surface area contributed by atoms with Crippen molar-refractivity contribution in [1.29, 1.82) is 0 Å². The van der Waals surface area contributed by atoms with Crippen LogP contribution in [0.5, 0.6) is 0 Å². The highest BCUT2D eigenvalue weighted by Crippen LogP contribution is 2.25. The number of halogens is 1. The van der Waals surface area contributed by atoms with E-state index in [0.29, 0.717) is 10.4 Å². The molecule has 0 saturated carbocycles. The fraction of sp³-hybridized carbons (Fsp3) is 0.188. The summed E-state index contributed by atoms with van der Waals surface area (Å²) in [6.45, 7) is 3.85. The van der Waals surface area contributed by atoms with E-state index in [2.05, 4.69) is 27.3 Å². The molecular weight excluding hydrogens is 459 g/mol. The molecule has 1 heterocycles. The molecular formula is C16H15IN2O3S2. The predicted molar refractivity (Wildman–Crippen MR) is 106 cm³/mol. The summed E-state index contributed by atoms with van der Waals surface area (Å²) in [6, 6.07) is 11.9. The molecule has 0 aliphatic heterocycles. The molecule has 5 nitrogen and oxygen atoms in total. The first-order valence-electron chi connectivity index (χ1n) is 7.21. The lowest BCUT2D eigenvalue weighted by Gasteiger charge is -2.10. The van der Waals surface area contributed by atoms with E-state index in [1.54, 1.807) is 28.8 Å². The second kappa shape index (κ2) is 6.49. The van der Waals surface area contributed by atoms with Crippen LogP contribution in [-0.4, -0.2) is 13.0 Å². The maximum absolute atomic E-state index is 12.6. The van der Waals surface area contributed by atoms with Crippen LogP contribution in [0.15, 0.2) is 52.2 Å². The van der Waals surface area contributed by atoms with E-state index in [1.165, 1.54) is 6.07 Å². The Bertz CT molecular complexity index is 1050. The van der Waals surface area contributed by atoms with Crippen molar-refractivity contribution in [3.8, 4) is 0 Å². The highest BCUT2D eigenvalue weighted by Gasteiger charge is 2.17. The maximum atomic E-state index is 12.6. The van der Waals surface area contributed by atoms with Gasteiger partial charge in [-0.1, -0.05) is 11.3 Å². The lowest BCUT2D eigenvalue weighted by atomic mass is 10.3. The first-order valence-corrected chi connectivity index (χ1v) is 10.6. The summed E-state index contributed by atoms with van der Waals surface area (Å²) in [5.74, 6) is 0. The molecule has 0 amide bonds. The van der Waals surface area contributed by atoms with E-state index < -0.39 is 10.0 Å². The van der Waals surface area contributed by atoms with Crippen molar-refractivity contribution in [2.45, 2.75) is 24.8 Å². The molecule has 3 aromatic rings. The van der Waals surface area contributed by atoms with E-state index in [-0.39, 0.29) is 15.8 Å². The summed E-state index contributed by atoms with van der Waals surface area (Å²) in [7, 11) is -3.70. The van der Waals surface area contributed by atoms with Gasteiger partial charge in [-0.05, 0) is 78.9 Å². The standard InChI is InChI=1S/C16H15IN2O3S2/c1-10(2)19-14-8-7-13(9-15(14)23-16(19)20)24(21,22)18-12-5-3-11(17)4-6-12/h3-10,18H,1-2H3. The quantitative estimate of drug-likeness (QED) is 0.581. The monoisotopic (exact) mass is 474 g/mol. The Morgan fingerprint density at radius 3 is 2.42 bits per heavy atom. The van der Waals surface area contributed by atoms with Gasteiger partial charge in [0.25, 0.3) is 10.0 Å². The SMILES string of the molecule is CC(C)n1c(=O)sc2cc(S(=O)(=O)Nc3ccc(I)cc3)ccc21. The number of rotatable bonds is 4. The van der Waals surface area contributed by atoms with E-state index in [9.17, 15) is 13.2 Å². The highest BCUT2D eigenvalue weighted by atomic mass is 127. The normalized spacial score (nSPS) is 12.0. The summed E-state index contributed by atoms with van der Waals surface area (Å²) in [5.41, 5.74) is 1.26. The average Bonchev–Trinajstić information content (AvgIpc) is 2.84. The third kappa shape index (κ3) is 3.35. The lowest BCUT2D eigenvalue weighted by Crippen LogP contribution is -2.15. The molecule has 0 aliphatic rings. The Hall–Kier alpha value is -1.39. The molecule has 8 heteroatoms. The van der Waals surface area contributed by atoms with Crippen LogP contribution < -0.4 is 9.60 Å². The number of hydrogen-bond acceptors (Lipinski definition) is 4. The van der Waals surface area contributed by atoms with E-state index >= 15 is 0 Å². The van der Waals surface area contributed by atoms with Crippen LogP contribution in [0.3, 0.4) is 0 Å². The molecule has 0 aliphatic carbocycles. The number of nitrogens with zero attached hydrogens (tertiary/aromatic N) is 1. The summed E-state index contributed by atoms with van der Waals surface area (Å²) < 4.78 is 31.0. The Morgan fingerprint density at radius 1 is 1.12 bits per heavy atom. The minimum atomic E-state index is -3.70. The summed E-state index contributed by atoms with van der Waals surface area (Å²) in [6.07, 6.45) is 0. The van der Waals surface area contributed by atoms with Crippen molar-refractivity contribution in [1.82, 2.24) is 4.57 Å². The smallest absolute Gasteiger partial charge is 0.296 e. The minimum absolute atomic E-state index is 0.0265. The predicted octanol–water partition coefficient (Wildman–Crippen LogP) is 4.05. The van der Waals surface area contributed by atoms with Gasteiger partial charge in [-0.3, -0.25) is 14.1 Å². The van der Waals surface area contributed by atoms with Crippen LogP contribution in [-0.2, 0) is 10.0 Å². The third-order valence-corrected chi connectivity index (χ3v) is 6.52. The Balaban J connectivity index is 2.02. The molecule has 0 spiro atoms. The van der Waals surface area contributed by atoms with Gasteiger partial charge in [0, 0.05) is 15.3 Å². The molecule has 0 bridgehead atoms. The van der Waals surface area contributed by atoms with Crippen LogP contribution in [0, 0.1) is 3.57 Å². The van der Waals surface area contributed by atoms with Crippen molar-refractivity contribution < 1.29 is 8.42 Å². The fourth-order valence-electron chi connectivity index (χ4n) is 2.40. The van der Waals surface area contributed by atoms with Crippen LogP contribution in [0.2, 0.25) is 0 Å². The number of fused-ring (bicyclic) bond motifs is 1. The third-order valence-electron chi connectivity index (χ3n) is 3.51. The molecule has 3 rings (SSSR count). The van der Waals surface area contributed by atoms with Gasteiger partial charge in [0.05, 0.1) is 15.1 Å². The first-order chi connectivity index (χ1) is 11.3. The van der Waals surface area contributed by atoms with Gasteiger partial charge >= 0.3 is 4.87 Å². The second-order valence-electron chi connectivity index (χ2n) is 5.57. The van der Waals surface area contributed by atoms with Crippen LogP contribution in [0.1, 0.15) is 19.9 Å². The summed E-state index contributed by atoms with van der Waals surface area (Å²) in [5, 5.41) is 0. The fourth-order valence-corrected chi connectivity index (χ4v) is 4.98. The minimum Gasteiger partial charge on any atom is -0.296 e. The number of nitrogens with one attached hydrogen (secondary N) is 1. The van der Waals surface area contributed by atoms with E-state index in [1.807, 2.05) is 26.0 Å². The summed E-state index contributed by atoms with van der Waals surface area (Å²) >= 11 is 3.22. The van der Waals surface area contributed by atoms with Crippen molar-refractivity contribution >= 4 is 59.9 Å². The van der Waals surface area contributed by atoms with Gasteiger partial charge in [-0.2, -0.15) is 0 Å². The molecule has 126 valence electrons. The zero-order valence-electron chi connectivity index (χ0n) is 13.0. The van der Waals surface area contributed by atoms with Crippen molar-refractivity contribution in [2.75, 3.05) is 4.72 Å². The van der Waals surface area contributed by atoms with E-state index in [4.69, 9.17) is 0 Å². The molecule has 24 heavy (non-hydrogen) atoms. The molecule has 0 unspecified atom stereocenters. The number of sulfonamides is 1. The Kier molecular flexibility index (Phi) is 4.71. The number of aromatic nitrogens is 1. The van der Waals surface area contributed by atoms with Crippen LogP contribution >= 0.6 is 33.9 Å². The van der Waals surface area contributed by atoms with Gasteiger partial charge in [0.15, 0.2) is 0 Å². The molecule has 1 aromatic heterocycles. The topological polar surface area (TPSA) is 68.2 Å². The Labute approximate surface area is 157 Å². The maximum Gasteiger partial charge on any atom is 0.308 e. The Morgan fingerprint density at radius 2 is 1.79 bits per heavy atom. The average molecular weight is 474 g/mol. The number of anilines is 1. The molecule has 0 saturated heterocycles. The lowest BCUT2D eigenvalue weighted by molar-refractivity contribution is 0.601. The van der Waals surface area contributed by atoms with Crippen molar-refractivity contribution in [3.63, 3.8) is 0 Å². The molecule has 0 fully saturated rings. The number of thiazole rings is 1. The zero-order chi connectivity index (χ0) is 17.5. The molecule has 0 atom stereocenters. The largest absolute Gasteiger partial charge is 0.308 e. The van der Waals surface area contributed by atoms with Crippen molar-refractivity contribution in [2.24, 2.45) is 0 Å². The van der Waals surface area contributed by atoms with Gasteiger partial charge in [0.1, 0.15) is 0 Å². The highest BCUT2D eigenvalue weighted by molar-refractivity contribution is 14.1. The van der Waals surface area contributed by atoms with Crippen LogP contribution in [0.25, 0.3) is 10.2 Å².